The minimum atomic E-state index is 0.119. The highest BCUT2D eigenvalue weighted by atomic mass is 15.2. The van der Waals surface area contributed by atoms with Crippen LogP contribution in [0, 0.1) is 17.7 Å². The zero-order valence-corrected chi connectivity index (χ0v) is 12.9. The van der Waals surface area contributed by atoms with Crippen LogP contribution in [-0.4, -0.2) is 23.9 Å². The fourth-order valence-corrected chi connectivity index (χ4v) is 3.27. The Balaban J connectivity index is 2.23. The number of hydrogen-bond donors (Lipinski definition) is 2. The average molecular weight is 274 g/mol. The Labute approximate surface area is 121 Å². The molecule has 4 nitrogen and oxygen atoms in total. The molecule has 0 aliphatic carbocycles. The fourth-order valence-electron chi connectivity index (χ4n) is 3.27. The second-order valence-electron chi connectivity index (χ2n) is 5.93. The van der Waals surface area contributed by atoms with Gasteiger partial charge >= 0.3 is 0 Å². The molecule has 3 N–H and O–H groups in total. The van der Waals surface area contributed by atoms with E-state index in [9.17, 15) is 0 Å². The van der Waals surface area contributed by atoms with Crippen molar-refractivity contribution >= 4 is 11.7 Å². The monoisotopic (exact) mass is 274 g/mol. The molecule has 20 heavy (non-hydrogen) atoms. The van der Waals surface area contributed by atoms with E-state index in [1.807, 2.05) is 19.2 Å². The predicted octanol–water partition coefficient (Wildman–Crippen LogP) is 3.08. The molecule has 0 saturated carbocycles. The summed E-state index contributed by atoms with van der Waals surface area (Å²) in [6.45, 7) is 8.61. The van der Waals surface area contributed by atoms with Crippen molar-refractivity contribution < 1.29 is 0 Å². The van der Waals surface area contributed by atoms with Crippen molar-refractivity contribution in [2.75, 3.05) is 18.0 Å². The minimum absolute atomic E-state index is 0.119. The Bertz CT molecular complexity index is 481. The summed E-state index contributed by atoms with van der Waals surface area (Å²) in [4.78, 5) is 6.79. The molecule has 1 fully saturated rings. The number of pyridine rings is 1. The van der Waals surface area contributed by atoms with Crippen molar-refractivity contribution in [2.24, 2.45) is 11.1 Å². The minimum Gasteiger partial charge on any atom is -0.384 e. The quantitative estimate of drug-likeness (QED) is 0.655. The lowest BCUT2D eigenvalue weighted by Gasteiger charge is -2.42. The van der Waals surface area contributed by atoms with E-state index < -0.39 is 0 Å². The van der Waals surface area contributed by atoms with Crippen LogP contribution < -0.4 is 10.6 Å². The van der Waals surface area contributed by atoms with Gasteiger partial charge in [0.25, 0.3) is 0 Å². The molecule has 0 radical (unpaired) electrons. The number of nitrogen functional groups attached to an aromatic ring is 1. The second-order valence-corrected chi connectivity index (χ2v) is 5.93. The van der Waals surface area contributed by atoms with E-state index in [1.165, 1.54) is 25.7 Å². The molecule has 0 aromatic carbocycles. The second kappa shape index (κ2) is 5.81. The molecule has 2 rings (SSSR count). The number of rotatable bonds is 4. The summed E-state index contributed by atoms with van der Waals surface area (Å²) in [5.41, 5.74) is 8.07. The molecule has 0 unspecified atom stereocenters. The van der Waals surface area contributed by atoms with Crippen LogP contribution in [0.25, 0.3) is 0 Å². The van der Waals surface area contributed by atoms with Gasteiger partial charge in [0.05, 0.1) is 5.56 Å². The molecule has 1 aromatic heterocycles. The maximum absolute atomic E-state index is 7.80. The first-order valence-corrected chi connectivity index (χ1v) is 7.58. The van der Waals surface area contributed by atoms with Crippen LogP contribution in [0.15, 0.2) is 12.3 Å². The van der Waals surface area contributed by atoms with Crippen molar-refractivity contribution in [3.05, 3.63) is 23.4 Å². The lowest BCUT2D eigenvalue weighted by atomic mass is 9.74. The molecule has 1 aromatic rings. The zero-order valence-electron chi connectivity index (χ0n) is 12.9. The molecule has 0 spiro atoms. The van der Waals surface area contributed by atoms with Crippen molar-refractivity contribution in [3.63, 3.8) is 0 Å². The molecule has 1 aliphatic rings. The smallest absolute Gasteiger partial charge is 0.139 e. The number of nitrogens with one attached hydrogen (secondary N) is 1. The third-order valence-electron chi connectivity index (χ3n) is 5.03. The van der Waals surface area contributed by atoms with E-state index in [4.69, 9.17) is 11.1 Å². The number of anilines is 1. The maximum Gasteiger partial charge on any atom is 0.139 e. The first-order valence-electron chi connectivity index (χ1n) is 7.58. The Hall–Kier alpha value is -1.58. The summed E-state index contributed by atoms with van der Waals surface area (Å²) in [6, 6.07) is 1.92. The van der Waals surface area contributed by atoms with Crippen molar-refractivity contribution in [1.82, 2.24) is 4.98 Å². The molecule has 0 atom stereocenters. The number of hydrogen-bond acceptors (Lipinski definition) is 3. The number of nitrogens with zero attached hydrogens (tertiary/aromatic N) is 2. The van der Waals surface area contributed by atoms with Crippen LogP contribution >= 0.6 is 0 Å². The van der Waals surface area contributed by atoms with Gasteiger partial charge in [-0.05, 0) is 36.8 Å². The van der Waals surface area contributed by atoms with E-state index in [1.54, 1.807) is 0 Å². The number of nitrogens with two attached hydrogens (primary N) is 1. The number of amidine groups is 1. The van der Waals surface area contributed by atoms with Gasteiger partial charge in [0.1, 0.15) is 11.7 Å². The number of piperidine rings is 1. The third-order valence-corrected chi connectivity index (χ3v) is 5.03. The largest absolute Gasteiger partial charge is 0.384 e. The predicted molar refractivity (Wildman–Crippen MR) is 84.5 cm³/mol. The van der Waals surface area contributed by atoms with Gasteiger partial charge in [-0.25, -0.2) is 4.98 Å². The summed E-state index contributed by atoms with van der Waals surface area (Å²) in [7, 11) is 0. The summed E-state index contributed by atoms with van der Waals surface area (Å²) < 4.78 is 0. The SMILES string of the molecule is CCC1(CC)CCN(c2nccc(C)c2C(=N)N)CC1. The molecule has 0 bridgehead atoms. The molecule has 1 aliphatic heterocycles. The Morgan fingerprint density at radius 3 is 2.45 bits per heavy atom. The first kappa shape index (κ1) is 14.8. The van der Waals surface area contributed by atoms with E-state index >= 15 is 0 Å². The van der Waals surface area contributed by atoms with Gasteiger partial charge in [-0.2, -0.15) is 0 Å². The van der Waals surface area contributed by atoms with Gasteiger partial charge in [-0.15, -0.1) is 0 Å². The van der Waals surface area contributed by atoms with Crippen molar-refractivity contribution in [3.8, 4) is 0 Å². The van der Waals surface area contributed by atoms with Gasteiger partial charge in [0, 0.05) is 19.3 Å². The lowest BCUT2D eigenvalue weighted by molar-refractivity contribution is 0.199. The topological polar surface area (TPSA) is 66.0 Å². The zero-order chi connectivity index (χ0) is 14.8. The maximum atomic E-state index is 7.80. The summed E-state index contributed by atoms with van der Waals surface area (Å²) in [5.74, 6) is 1.01. The molecule has 110 valence electrons. The Morgan fingerprint density at radius 2 is 1.95 bits per heavy atom. The van der Waals surface area contributed by atoms with Gasteiger partial charge in [-0.3, -0.25) is 5.41 Å². The van der Waals surface area contributed by atoms with Crippen molar-refractivity contribution in [2.45, 2.75) is 46.5 Å². The molecular formula is C16H26N4. The van der Waals surface area contributed by atoms with Gasteiger partial charge in [-0.1, -0.05) is 26.7 Å². The van der Waals surface area contributed by atoms with E-state index in [0.29, 0.717) is 5.41 Å². The first-order chi connectivity index (χ1) is 9.53. The highest BCUT2D eigenvalue weighted by molar-refractivity contribution is 6.01. The average Bonchev–Trinajstić information content (AvgIpc) is 2.46. The summed E-state index contributed by atoms with van der Waals surface area (Å²) >= 11 is 0. The number of aryl methyl sites for hydroxylation is 1. The fraction of sp³-hybridized carbons (Fsp3) is 0.625. The van der Waals surface area contributed by atoms with Crippen LogP contribution in [0.3, 0.4) is 0 Å². The van der Waals surface area contributed by atoms with Crippen LogP contribution in [0.5, 0.6) is 0 Å². The van der Waals surface area contributed by atoms with Gasteiger partial charge in [0.15, 0.2) is 0 Å². The Morgan fingerprint density at radius 1 is 1.35 bits per heavy atom. The standard InChI is InChI=1S/C16H26N4/c1-4-16(5-2)7-10-20(11-8-16)15-13(14(17)18)12(3)6-9-19-15/h6,9H,4-5,7-8,10-11H2,1-3H3,(H3,17,18). The van der Waals surface area contributed by atoms with Crippen molar-refractivity contribution in [1.29, 1.82) is 5.41 Å². The van der Waals surface area contributed by atoms with E-state index in [-0.39, 0.29) is 5.84 Å². The lowest BCUT2D eigenvalue weighted by Crippen LogP contribution is -2.41. The normalized spacial score (nSPS) is 18.1. The van der Waals surface area contributed by atoms with Gasteiger partial charge in [0.2, 0.25) is 0 Å². The molecule has 4 heteroatoms. The van der Waals surface area contributed by atoms with E-state index in [2.05, 4.69) is 23.7 Å². The van der Waals surface area contributed by atoms with Crippen LogP contribution in [0.2, 0.25) is 0 Å². The van der Waals surface area contributed by atoms with E-state index in [0.717, 1.165) is 30.0 Å². The summed E-state index contributed by atoms with van der Waals surface area (Å²) in [5, 5.41) is 7.80. The highest BCUT2D eigenvalue weighted by Gasteiger charge is 2.32. The summed E-state index contributed by atoms with van der Waals surface area (Å²) in [6.07, 6.45) is 6.72. The van der Waals surface area contributed by atoms with Crippen LogP contribution in [0.1, 0.15) is 50.7 Å². The number of aromatic nitrogens is 1. The highest BCUT2D eigenvalue weighted by Crippen LogP contribution is 2.39. The molecule has 0 amide bonds. The molecule has 2 heterocycles. The van der Waals surface area contributed by atoms with Crippen LogP contribution in [-0.2, 0) is 0 Å². The molecule has 1 saturated heterocycles. The van der Waals surface area contributed by atoms with Gasteiger partial charge < -0.3 is 10.6 Å². The third kappa shape index (κ3) is 2.65. The molecular weight excluding hydrogens is 248 g/mol. The van der Waals surface area contributed by atoms with Crippen LogP contribution in [0.4, 0.5) is 5.82 Å². The Kier molecular flexibility index (Phi) is 4.31.